The van der Waals surface area contributed by atoms with Crippen molar-refractivity contribution >= 4 is 22.5 Å². The number of amides is 1. The lowest BCUT2D eigenvalue weighted by molar-refractivity contribution is 0.0941. The first-order valence-electron chi connectivity index (χ1n) is 11.6. The highest BCUT2D eigenvalue weighted by Crippen LogP contribution is 2.25. The summed E-state index contributed by atoms with van der Waals surface area (Å²) in [5.74, 6) is -1.50. The summed E-state index contributed by atoms with van der Waals surface area (Å²) in [4.78, 5) is 35.0. The molecule has 2 N–H and O–H groups in total. The number of carbonyl (C=O) groups excluding carboxylic acids is 1. The Morgan fingerprint density at radius 2 is 1.85 bits per heavy atom. The van der Waals surface area contributed by atoms with Crippen molar-refractivity contribution in [1.29, 1.82) is 0 Å². The van der Waals surface area contributed by atoms with Gasteiger partial charge in [0.25, 0.3) is 11.5 Å². The number of piperazine rings is 1. The molecule has 0 atom stereocenters. The maximum absolute atomic E-state index is 15.2. The minimum atomic E-state index is -0.629. The molecule has 7 nitrogen and oxygen atoms in total. The van der Waals surface area contributed by atoms with Crippen LogP contribution in [0, 0.1) is 25.5 Å². The molecule has 2 aliphatic rings. The molecule has 2 fully saturated rings. The zero-order chi connectivity index (χ0) is 24.0. The van der Waals surface area contributed by atoms with Gasteiger partial charge < -0.3 is 15.2 Å². The Morgan fingerprint density at radius 3 is 2.53 bits per heavy atom. The predicted octanol–water partition coefficient (Wildman–Crippen LogP) is 3.03. The summed E-state index contributed by atoms with van der Waals surface area (Å²) in [6, 6.07) is 5.06. The fraction of sp³-hybridized carbons (Fsp3) is 0.400. The number of rotatable bonds is 5. The van der Waals surface area contributed by atoms with Crippen molar-refractivity contribution in [3.8, 4) is 0 Å². The van der Waals surface area contributed by atoms with Crippen LogP contribution in [0.5, 0.6) is 0 Å². The van der Waals surface area contributed by atoms with Crippen LogP contribution in [0.2, 0.25) is 0 Å². The number of H-pyrrole nitrogens is 1. The molecule has 1 amide bonds. The third-order valence-electron chi connectivity index (χ3n) is 6.63. The first kappa shape index (κ1) is 22.5. The van der Waals surface area contributed by atoms with E-state index in [1.54, 1.807) is 13.0 Å². The van der Waals surface area contributed by atoms with Gasteiger partial charge >= 0.3 is 0 Å². The summed E-state index contributed by atoms with van der Waals surface area (Å²) in [7, 11) is 0. The van der Waals surface area contributed by atoms with Gasteiger partial charge in [0.15, 0.2) is 17.3 Å². The Hall–Kier alpha value is -3.33. The van der Waals surface area contributed by atoms with Gasteiger partial charge in [0, 0.05) is 61.3 Å². The van der Waals surface area contributed by atoms with Crippen molar-refractivity contribution in [2.24, 2.45) is 0 Å². The first-order chi connectivity index (χ1) is 16.3. The van der Waals surface area contributed by atoms with Gasteiger partial charge in [-0.05, 0) is 38.3 Å². The number of fused-ring (bicyclic) bond motifs is 1. The minimum absolute atomic E-state index is 0.141. The first-order valence-corrected chi connectivity index (χ1v) is 11.6. The van der Waals surface area contributed by atoms with E-state index in [4.69, 9.17) is 0 Å². The lowest BCUT2D eigenvalue weighted by Crippen LogP contribution is -2.46. The number of anilines is 1. The lowest BCUT2D eigenvalue weighted by atomic mass is 10.0. The molecular formula is C25H27F2N5O2. The van der Waals surface area contributed by atoms with Crippen molar-refractivity contribution in [1.82, 2.24) is 20.2 Å². The number of aromatic nitrogens is 2. The van der Waals surface area contributed by atoms with Crippen molar-refractivity contribution in [2.75, 3.05) is 31.1 Å². The maximum atomic E-state index is 15.2. The van der Waals surface area contributed by atoms with Gasteiger partial charge in [-0.25, -0.2) is 13.8 Å². The second-order valence-corrected chi connectivity index (χ2v) is 9.27. The van der Waals surface area contributed by atoms with E-state index < -0.39 is 17.5 Å². The van der Waals surface area contributed by atoms with Gasteiger partial charge in [-0.15, -0.1) is 0 Å². The third-order valence-corrected chi connectivity index (χ3v) is 6.63. The quantitative estimate of drug-likeness (QED) is 0.603. The molecule has 34 heavy (non-hydrogen) atoms. The van der Waals surface area contributed by atoms with Gasteiger partial charge in [-0.2, -0.15) is 0 Å². The number of hydrogen-bond donors (Lipinski definition) is 2. The highest BCUT2D eigenvalue weighted by Gasteiger charge is 2.27. The Morgan fingerprint density at radius 1 is 1.12 bits per heavy atom. The smallest absolute Gasteiger partial charge is 0.273 e. The summed E-state index contributed by atoms with van der Waals surface area (Å²) in [5, 5.41) is 3.47. The molecule has 5 rings (SSSR count). The molecule has 1 saturated carbocycles. The molecule has 3 aromatic rings. The summed E-state index contributed by atoms with van der Waals surface area (Å²) in [6.45, 7) is 6.61. The number of nitrogens with zero attached hydrogens (tertiary/aromatic N) is 3. The van der Waals surface area contributed by atoms with E-state index in [0.29, 0.717) is 54.9 Å². The highest BCUT2D eigenvalue weighted by atomic mass is 19.1. The topological polar surface area (TPSA) is 81.3 Å². The number of benzene rings is 1. The average molecular weight is 468 g/mol. The Bertz CT molecular complexity index is 1330. The zero-order valence-electron chi connectivity index (χ0n) is 19.3. The molecule has 1 aromatic carbocycles. The minimum Gasteiger partial charge on any atom is -0.368 e. The van der Waals surface area contributed by atoms with Crippen LogP contribution in [0.3, 0.4) is 0 Å². The fourth-order valence-corrected chi connectivity index (χ4v) is 4.45. The lowest BCUT2D eigenvalue weighted by Gasteiger charge is -2.36. The Balaban J connectivity index is 1.26. The van der Waals surface area contributed by atoms with Gasteiger partial charge in [0.1, 0.15) is 0 Å². The summed E-state index contributed by atoms with van der Waals surface area (Å²) < 4.78 is 29.7. The average Bonchev–Trinajstić information content (AvgIpc) is 3.63. The number of carbonyl (C=O) groups is 1. The molecular weight excluding hydrogens is 440 g/mol. The van der Waals surface area contributed by atoms with E-state index in [1.165, 1.54) is 12.3 Å². The van der Waals surface area contributed by atoms with Gasteiger partial charge in [0.2, 0.25) is 0 Å². The number of aryl methyl sites for hydroxylation is 2. The van der Waals surface area contributed by atoms with E-state index >= 15 is 4.39 Å². The molecule has 9 heteroatoms. The van der Waals surface area contributed by atoms with Gasteiger partial charge in [-0.3, -0.25) is 14.5 Å². The second kappa shape index (κ2) is 8.79. The van der Waals surface area contributed by atoms with Crippen LogP contribution in [0.15, 0.2) is 29.2 Å². The third kappa shape index (κ3) is 4.40. The number of pyridine rings is 2. The Labute approximate surface area is 195 Å². The Kier molecular flexibility index (Phi) is 5.81. The molecule has 3 heterocycles. The molecule has 0 radical (unpaired) electrons. The van der Waals surface area contributed by atoms with Crippen LogP contribution < -0.4 is 15.8 Å². The zero-order valence-corrected chi connectivity index (χ0v) is 19.3. The number of halogens is 2. The van der Waals surface area contributed by atoms with Crippen LogP contribution in [0.4, 0.5) is 14.5 Å². The normalized spacial score (nSPS) is 16.8. The second-order valence-electron chi connectivity index (χ2n) is 9.27. The SMILES string of the molecule is Cc1cc2c(C)cc(CN3CCN(c4cnc(C(=O)NC5CC5)c(F)c4)CC3)c(F)c2[nH]c1=O. The van der Waals surface area contributed by atoms with Crippen LogP contribution in [-0.2, 0) is 6.54 Å². The molecule has 1 aliphatic heterocycles. The monoisotopic (exact) mass is 467 g/mol. The van der Waals surface area contributed by atoms with Crippen molar-refractivity contribution in [2.45, 2.75) is 39.3 Å². The number of nitrogens with one attached hydrogen (secondary N) is 2. The molecule has 178 valence electrons. The van der Waals surface area contributed by atoms with Crippen LogP contribution in [0.1, 0.15) is 40.0 Å². The van der Waals surface area contributed by atoms with Crippen LogP contribution in [0.25, 0.3) is 10.9 Å². The molecule has 0 spiro atoms. The molecule has 2 aromatic heterocycles. The standard InChI is InChI=1S/C25H27F2N5O2/c1-14-9-16(21(27)22-19(14)10-15(2)24(33)30-22)13-31-5-7-32(8-6-31)18-11-20(26)23(28-12-18)25(34)29-17-3-4-17/h9-12,17H,3-8,13H2,1-2H3,(H,29,34)(H,30,33). The molecule has 1 saturated heterocycles. The molecule has 1 aliphatic carbocycles. The fourth-order valence-electron chi connectivity index (χ4n) is 4.45. The van der Waals surface area contributed by atoms with E-state index in [1.807, 2.05) is 17.9 Å². The largest absolute Gasteiger partial charge is 0.368 e. The van der Waals surface area contributed by atoms with Crippen LogP contribution in [-0.4, -0.2) is 53.0 Å². The maximum Gasteiger partial charge on any atom is 0.273 e. The van der Waals surface area contributed by atoms with Gasteiger partial charge in [0.05, 0.1) is 17.4 Å². The van der Waals surface area contributed by atoms with Crippen molar-refractivity contribution < 1.29 is 13.6 Å². The van der Waals surface area contributed by atoms with E-state index in [-0.39, 0.29) is 22.8 Å². The van der Waals surface area contributed by atoms with E-state index in [0.717, 1.165) is 18.4 Å². The summed E-state index contributed by atoms with van der Waals surface area (Å²) in [6.07, 6.45) is 3.39. The van der Waals surface area contributed by atoms with Crippen LogP contribution >= 0.6 is 0 Å². The van der Waals surface area contributed by atoms with Crippen molar-refractivity contribution in [3.05, 3.63) is 68.8 Å². The summed E-state index contributed by atoms with van der Waals surface area (Å²) >= 11 is 0. The van der Waals surface area contributed by atoms with E-state index in [9.17, 15) is 14.0 Å². The molecule has 0 bridgehead atoms. The predicted molar refractivity (Wildman–Crippen MR) is 126 cm³/mol. The number of aromatic amines is 1. The highest BCUT2D eigenvalue weighted by molar-refractivity contribution is 5.93. The van der Waals surface area contributed by atoms with Crippen molar-refractivity contribution in [3.63, 3.8) is 0 Å². The molecule has 0 unspecified atom stereocenters. The summed E-state index contributed by atoms with van der Waals surface area (Å²) in [5.41, 5.74) is 2.42. The van der Waals surface area contributed by atoms with E-state index in [2.05, 4.69) is 20.2 Å². The van der Waals surface area contributed by atoms with Gasteiger partial charge in [-0.1, -0.05) is 6.07 Å². The number of hydrogen-bond acceptors (Lipinski definition) is 5.